The molecule has 146 valence electrons. The predicted molar refractivity (Wildman–Crippen MR) is 90.9 cm³/mol. The average Bonchev–Trinajstić information content (AvgIpc) is 3.29. The van der Waals surface area contributed by atoms with Gasteiger partial charge in [0.1, 0.15) is 0 Å². The first-order chi connectivity index (χ1) is 13.8. The van der Waals surface area contributed by atoms with Crippen LogP contribution < -0.4 is 0 Å². The largest absolute Gasteiger partial charge is 0.435 e. The van der Waals surface area contributed by atoms with E-state index in [0.717, 1.165) is 16.9 Å². The number of alkyl halides is 3. The van der Waals surface area contributed by atoms with E-state index in [1.807, 2.05) is 0 Å². The van der Waals surface area contributed by atoms with Crippen molar-refractivity contribution in [2.24, 2.45) is 0 Å². The van der Waals surface area contributed by atoms with Gasteiger partial charge >= 0.3 is 12.1 Å². The maximum absolute atomic E-state index is 12.7. The molecular weight excluding hydrogens is 391 g/mol. The van der Waals surface area contributed by atoms with Crippen molar-refractivity contribution in [2.75, 3.05) is 0 Å². The standard InChI is InChI=1S/C19H10F3N3O4/c20-19(21,22)15-8-9-24(23-15)12-5-3-4-11(10-12)18(28)29-25-16(26)13-6-1-2-7-14(13)17(25)27/h1-10H. The van der Waals surface area contributed by atoms with Crippen molar-refractivity contribution in [2.45, 2.75) is 6.18 Å². The second-order valence-corrected chi connectivity index (χ2v) is 6.02. The van der Waals surface area contributed by atoms with E-state index in [4.69, 9.17) is 4.84 Å². The van der Waals surface area contributed by atoms with Crippen LogP contribution in [-0.2, 0) is 11.0 Å². The molecule has 2 heterocycles. The van der Waals surface area contributed by atoms with Gasteiger partial charge in [-0.2, -0.15) is 18.3 Å². The van der Waals surface area contributed by atoms with Gasteiger partial charge in [0.2, 0.25) is 0 Å². The van der Waals surface area contributed by atoms with Crippen molar-refractivity contribution in [1.82, 2.24) is 14.8 Å². The Hall–Kier alpha value is -3.95. The average molecular weight is 401 g/mol. The second-order valence-electron chi connectivity index (χ2n) is 6.02. The molecule has 0 atom stereocenters. The number of imide groups is 1. The summed E-state index contributed by atoms with van der Waals surface area (Å²) in [6.07, 6.45) is -3.51. The van der Waals surface area contributed by atoms with Crippen LogP contribution >= 0.6 is 0 Å². The van der Waals surface area contributed by atoms with Crippen molar-refractivity contribution in [1.29, 1.82) is 0 Å². The molecule has 0 unspecified atom stereocenters. The van der Waals surface area contributed by atoms with Crippen molar-refractivity contribution in [3.05, 3.63) is 83.2 Å². The number of amides is 2. The Labute approximate surface area is 160 Å². The van der Waals surface area contributed by atoms with Crippen molar-refractivity contribution in [3.8, 4) is 5.69 Å². The summed E-state index contributed by atoms with van der Waals surface area (Å²) in [5.41, 5.74) is -0.789. The summed E-state index contributed by atoms with van der Waals surface area (Å²) in [5.74, 6) is -2.58. The lowest BCUT2D eigenvalue weighted by Crippen LogP contribution is -2.32. The number of hydroxylamine groups is 2. The van der Waals surface area contributed by atoms with E-state index in [1.165, 1.54) is 36.4 Å². The summed E-state index contributed by atoms with van der Waals surface area (Å²) in [4.78, 5) is 41.9. The Kier molecular flexibility index (Phi) is 4.18. The van der Waals surface area contributed by atoms with Gasteiger partial charge in [-0.25, -0.2) is 9.48 Å². The highest BCUT2D eigenvalue weighted by Crippen LogP contribution is 2.28. The molecule has 1 aromatic heterocycles. The zero-order valence-electron chi connectivity index (χ0n) is 14.4. The van der Waals surface area contributed by atoms with Gasteiger partial charge in [-0.3, -0.25) is 9.59 Å². The lowest BCUT2D eigenvalue weighted by molar-refractivity contribution is -0.141. The highest BCUT2D eigenvalue weighted by Gasteiger charge is 2.39. The number of benzene rings is 2. The summed E-state index contributed by atoms with van der Waals surface area (Å²) in [5, 5.41) is 3.78. The number of halogens is 3. The van der Waals surface area contributed by atoms with Crippen LogP contribution in [-0.4, -0.2) is 32.6 Å². The SMILES string of the molecule is O=C(ON1C(=O)c2ccccc2C1=O)c1cccc(-n2ccc(C(F)(F)F)n2)c1. The lowest BCUT2D eigenvalue weighted by atomic mass is 10.1. The molecule has 0 radical (unpaired) electrons. The first-order valence-corrected chi connectivity index (χ1v) is 8.19. The Bertz CT molecular complexity index is 1120. The topological polar surface area (TPSA) is 81.5 Å². The van der Waals surface area contributed by atoms with E-state index in [-0.39, 0.29) is 22.4 Å². The van der Waals surface area contributed by atoms with Crippen molar-refractivity contribution >= 4 is 17.8 Å². The minimum absolute atomic E-state index is 0.0804. The molecule has 0 aliphatic carbocycles. The van der Waals surface area contributed by atoms with E-state index in [1.54, 1.807) is 12.1 Å². The van der Waals surface area contributed by atoms with E-state index in [0.29, 0.717) is 5.06 Å². The van der Waals surface area contributed by atoms with Crippen molar-refractivity contribution < 1.29 is 32.4 Å². The monoisotopic (exact) mass is 401 g/mol. The quantitative estimate of drug-likeness (QED) is 0.630. The van der Waals surface area contributed by atoms with Gasteiger partial charge in [0.15, 0.2) is 5.69 Å². The van der Waals surface area contributed by atoms with Gasteiger partial charge in [-0.1, -0.05) is 23.3 Å². The van der Waals surface area contributed by atoms with Gasteiger partial charge < -0.3 is 4.84 Å². The Balaban J connectivity index is 1.56. The normalized spacial score (nSPS) is 13.6. The van der Waals surface area contributed by atoms with Gasteiger partial charge in [-0.15, -0.1) is 0 Å². The molecule has 0 saturated heterocycles. The van der Waals surface area contributed by atoms with Crippen LogP contribution in [0.15, 0.2) is 60.8 Å². The molecule has 3 aromatic rings. The van der Waals surface area contributed by atoms with Crippen LogP contribution in [0.25, 0.3) is 5.69 Å². The fourth-order valence-corrected chi connectivity index (χ4v) is 2.78. The van der Waals surface area contributed by atoms with Crippen LogP contribution in [0, 0.1) is 0 Å². The third-order valence-electron chi connectivity index (χ3n) is 4.16. The number of nitrogens with zero attached hydrogens (tertiary/aromatic N) is 3. The Morgan fingerprint density at radius 1 is 0.931 bits per heavy atom. The Morgan fingerprint density at radius 3 is 2.17 bits per heavy atom. The summed E-state index contributed by atoms with van der Waals surface area (Å²) in [7, 11) is 0. The van der Waals surface area contributed by atoms with Crippen LogP contribution in [0.3, 0.4) is 0 Å². The molecule has 0 saturated carbocycles. The van der Waals surface area contributed by atoms with E-state index in [2.05, 4.69) is 5.10 Å². The molecule has 4 rings (SSSR count). The number of rotatable bonds is 3. The van der Waals surface area contributed by atoms with Gasteiger partial charge in [0.25, 0.3) is 11.8 Å². The third kappa shape index (κ3) is 3.24. The summed E-state index contributed by atoms with van der Waals surface area (Å²) < 4.78 is 39.1. The zero-order valence-corrected chi connectivity index (χ0v) is 14.4. The number of carbonyl (C=O) groups is 3. The number of hydrogen-bond acceptors (Lipinski definition) is 5. The third-order valence-corrected chi connectivity index (χ3v) is 4.16. The summed E-state index contributed by atoms with van der Waals surface area (Å²) in [6.45, 7) is 0. The molecule has 0 bridgehead atoms. The molecule has 1 aliphatic rings. The number of carbonyl (C=O) groups excluding carboxylic acids is 3. The van der Waals surface area contributed by atoms with Gasteiger partial charge in [0.05, 0.1) is 22.4 Å². The highest BCUT2D eigenvalue weighted by atomic mass is 19.4. The second kappa shape index (κ2) is 6.59. The van der Waals surface area contributed by atoms with Crippen molar-refractivity contribution in [3.63, 3.8) is 0 Å². The van der Waals surface area contributed by atoms with Crippen LogP contribution in [0.2, 0.25) is 0 Å². The number of hydrogen-bond donors (Lipinski definition) is 0. The molecule has 0 N–H and O–H groups in total. The molecule has 29 heavy (non-hydrogen) atoms. The minimum Gasteiger partial charge on any atom is -0.324 e. The molecule has 2 amide bonds. The van der Waals surface area contributed by atoms with Crippen LogP contribution in [0.1, 0.15) is 36.8 Å². The summed E-state index contributed by atoms with van der Waals surface area (Å²) in [6, 6.07) is 12.2. The highest BCUT2D eigenvalue weighted by molar-refractivity contribution is 6.21. The van der Waals surface area contributed by atoms with E-state index >= 15 is 0 Å². The van der Waals surface area contributed by atoms with Gasteiger partial charge in [-0.05, 0) is 36.4 Å². The van der Waals surface area contributed by atoms with Gasteiger partial charge in [0, 0.05) is 6.20 Å². The first kappa shape index (κ1) is 18.4. The minimum atomic E-state index is -4.60. The lowest BCUT2D eigenvalue weighted by Gasteiger charge is -2.13. The number of aromatic nitrogens is 2. The molecule has 10 heteroatoms. The molecule has 1 aliphatic heterocycles. The first-order valence-electron chi connectivity index (χ1n) is 8.19. The van der Waals surface area contributed by atoms with Crippen LogP contribution in [0.5, 0.6) is 0 Å². The van der Waals surface area contributed by atoms with E-state index in [9.17, 15) is 27.6 Å². The maximum atomic E-state index is 12.7. The number of fused-ring (bicyclic) bond motifs is 1. The molecule has 7 nitrogen and oxygen atoms in total. The van der Waals surface area contributed by atoms with Crippen LogP contribution in [0.4, 0.5) is 13.2 Å². The zero-order chi connectivity index (χ0) is 20.8. The molecule has 0 spiro atoms. The fraction of sp³-hybridized carbons (Fsp3) is 0.0526. The molecule has 2 aromatic carbocycles. The van der Waals surface area contributed by atoms with E-state index < -0.39 is 29.7 Å². The fourth-order valence-electron chi connectivity index (χ4n) is 2.78. The molecule has 0 fully saturated rings. The predicted octanol–water partition coefficient (Wildman–Crippen LogP) is 3.26. The Morgan fingerprint density at radius 2 is 1.59 bits per heavy atom. The smallest absolute Gasteiger partial charge is 0.324 e. The maximum Gasteiger partial charge on any atom is 0.435 e. The molecular formula is C19H10F3N3O4. The summed E-state index contributed by atoms with van der Waals surface area (Å²) >= 11 is 0.